The Morgan fingerprint density at radius 2 is 2.06 bits per heavy atom. The van der Waals surface area contributed by atoms with Gasteiger partial charge in [-0.2, -0.15) is 5.10 Å². The van der Waals surface area contributed by atoms with Gasteiger partial charge in [-0.25, -0.2) is 14.1 Å². The lowest BCUT2D eigenvalue weighted by Gasteiger charge is -2.41. The van der Waals surface area contributed by atoms with Crippen molar-refractivity contribution in [3.8, 4) is 5.69 Å². The predicted octanol–water partition coefficient (Wildman–Crippen LogP) is 2.93. The Bertz CT molecular complexity index is 1440. The fourth-order valence-corrected chi connectivity index (χ4v) is 4.76. The van der Waals surface area contributed by atoms with Gasteiger partial charge in [-0.3, -0.25) is 9.48 Å². The number of carbonyl (C=O) groups is 1. The number of hydrogen-bond acceptors (Lipinski definition) is 7. The van der Waals surface area contributed by atoms with Gasteiger partial charge < -0.3 is 10.2 Å². The average Bonchev–Trinajstić information content (AvgIpc) is 3.23. The summed E-state index contributed by atoms with van der Waals surface area (Å²) in [4.78, 5) is 19.9. The molecule has 10 nitrogen and oxygen atoms in total. The summed E-state index contributed by atoms with van der Waals surface area (Å²) in [5, 5.41) is 17.9. The number of nitrogens with zero attached hydrogens (tertiary/aromatic N) is 8. The van der Waals surface area contributed by atoms with Crippen molar-refractivity contribution in [3.63, 3.8) is 0 Å². The molecule has 3 aromatic heterocycles. The molecule has 1 saturated carbocycles. The zero-order valence-corrected chi connectivity index (χ0v) is 20.3. The number of benzene rings is 1. The first-order valence-electron chi connectivity index (χ1n) is 11.6. The number of tetrazole rings is 1. The molecular weight excluding hydrogens is 485 g/mol. The van der Waals surface area contributed by atoms with E-state index in [0.717, 1.165) is 30.2 Å². The van der Waals surface area contributed by atoms with Crippen molar-refractivity contribution >= 4 is 23.3 Å². The van der Waals surface area contributed by atoms with Gasteiger partial charge in [-0.1, -0.05) is 17.7 Å². The third-order valence-electron chi connectivity index (χ3n) is 6.93. The first kappa shape index (κ1) is 22.6. The third-order valence-corrected chi connectivity index (χ3v) is 7.23. The number of carbonyl (C=O) groups excluding carboxylic acids is 1. The van der Waals surface area contributed by atoms with Gasteiger partial charge in [0.05, 0.1) is 29.0 Å². The second-order valence-corrected chi connectivity index (χ2v) is 9.90. The number of amides is 1. The van der Waals surface area contributed by atoms with Crippen LogP contribution in [0.4, 0.5) is 10.2 Å². The summed E-state index contributed by atoms with van der Waals surface area (Å²) in [7, 11) is 0. The summed E-state index contributed by atoms with van der Waals surface area (Å²) < 4.78 is 17.7. The lowest BCUT2D eigenvalue weighted by molar-refractivity contribution is 0.0950. The van der Waals surface area contributed by atoms with Crippen LogP contribution in [0.1, 0.15) is 40.0 Å². The Morgan fingerprint density at radius 1 is 1.22 bits per heavy atom. The van der Waals surface area contributed by atoms with Gasteiger partial charge in [-0.15, -0.1) is 5.10 Å². The van der Waals surface area contributed by atoms with Crippen LogP contribution >= 0.6 is 11.6 Å². The number of halogens is 2. The molecule has 4 heterocycles. The summed E-state index contributed by atoms with van der Waals surface area (Å²) >= 11 is 5.96. The van der Waals surface area contributed by atoms with E-state index in [9.17, 15) is 9.18 Å². The molecular formula is C24H23ClFN9O. The van der Waals surface area contributed by atoms with Crippen LogP contribution in [0, 0.1) is 18.2 Å². The maximum absolute atomic E-state index is 14.7. The summed E-state index contributed by atoms with van der Waals surface area (Å²) in [5.74, 6) is -0.0125. The molecule has 1 spiro atoms. The fraction of sp³-hybridized carbons (Fsp3) is 0.333. The smallest absolute Gasteiger partial charge is 0.254 e. The molecule has 0 bridgehead atoms. The summed E-state index contributed by atoms with van der Waals surface area (Å²) in [6.07, 6.45) is 7.16. The van der Waals surface area contributed by atoms with Crippen LogP contribution in [0.15, 0.2) is 43.0 Å². The van der Waals surface area contributed by atoms with Crippen molar-refractivity contribution in [2.24, 2.45) is 5.41 Å². The lowest BCUT2D eigenvalue weighted by atomic mass is 9.97. The number of anilines is 1. The van der Waals surface area contributed by atoms with E-state index >= 15 is 0 Å². The number of hydrogen-bond donors (Lipinski definition) is 1. The highest BCUT2D eigenvalue weighted by Gasteiger charge is 2.52. The van der Waals surface area contributed by atoms with Crippen LogP contribution in [-0.4, -0.2) is 54.0 Å². The minimum absolute atomic E-state index is 0.0555. The fourth-order valence-electron chi connectivity index (χ4n) is 4.59. The van der Waals surface area contributed by atoms with Gasteiger partial charge in [0.1, 0.15) is 18.0 Å². The SMILES string of the molecule is Cc1nc(N2CC3(CC3)C2)ccc1Cn1cc(C(=O)NCc2c(-n3cnnn3)ccc(Cl)c2F)cn1. The maximum atomic E-state index is 14.7. The number of rotatable bonds is 7. The first-order chi connectivity index (χ1) is 17.4. The van der Waals surface area contributed by atoms with Crippen molar-refractivity contribution in [2.45, 2.75) is 32.9 Å². The van der Waals surface area contributed by atoms with Crippen molar-refractivity contribution in [3.05, 3.63) is 76.2 Å². The molecule has 1 aromatic carbocycles. The van der Waals surface area contributed by atoms with Gasteiger partial charge in [0.2, 0.25) is 0 Å². The quantitative estimate of drug-likeness (QED) is 0.410. The normalized spacial score (nSPS) is 15.7. The van der Waals surface area contributed by atoms with E-state index in [0.29, 0.717) is 23.2 Å². The molecule has 184 valence electrons. The van der Waals surface area contributed by atoms with Crippen molar-refractivity contribution in [1.29, 1.82) is 0 Å². The zero-order chi connectivity index (χ0) is 24.9. The van der Waals surface area contributed by atoms with Crippen LogP contribution in [0.2, 0.25) is 5.02 Å². The highest BCUT2D eigenvalue weighted by Crippen LogP contribution is 2.53. The predicted molar refractivity (Wildman–Crippen MR) is 129 cm³/mol. The minimum Gasteiger partial charge on any atom is -0.355 e. The second kappa shape index (κ2) is 8.66. The van der Waals surface area contributed by atoms with Crippen molar-refractivity contribution in [1.82, 2.24) is 40.3 Å². The van der Waals surface area contributed by atoms with E-state index in [1.807, 2.05) is 6.92 Å². The molecule has 0 atom stereocenters. The number of aromatic nitrogens is 7. The monoisotopic (exact) mass is 507 g/mol. The molecule has 0 unspecified atom stereocenters. The minimum atomic E-state index is -0.641. The molecule has 2 aliphatic rings. The van der Waals surface area contributed by atoms with E-state index in [-0.39, 0.29) is 23.0 Å². The zero-order valence-electron chi connectivity index (χ0n) is 19.5. The van der Waals surface area contributed by atoms with Gasteiger partial charge in [0, 0.05) is 42.5 Å². The van der Waals surface area contributed by atoms with E-state index in [2.05, 4.69) is 43.0 Å². The van der Waals surface area contributed by atoms with Gasteiger partial charge in [-0.05, 0) is 54.0 Å². The number of nitrogens with one attached hydrogen (secondary N) is 1. The van der Waals surface area contributed by atoms with E-state index in [1.54, 1.807) is 16.9 Å². The number of aryl methyl sites for hydroxylation is 1. The van der Waals surface area contributed by atoms with Crippen molar-refractivity contribution in [2.75, 3.05) is 18.0 Å². The number of pyridine rings is 1. The largest absolute Gasteiger partial charge is 0.355 e. The molecule has 12 heteroatoms. The Morgan fingerprint density at radius 3 is 2.78 bits per heavy atom. The Hall–Kier alpha value is -3.86. The Balaban J connectivity index is 1.11. The molecule has 6 rings (SSSR count). The van der Waals surface area contributed by atoms with Crippen LogP contribution in [0.25, 0.3) is 5.69 Å². The summed E-state index contributed by atoms with van der Waals surface area (Å²) in [6, 6.07) is 7.13. The molecule has 2 fully saturated rings. The van der Waals surface area contributed by atoms with Crippen LogP contribution < -0.4 is 10.2 Å². The highest BCUT2D eigenvalue weighted by molar-refractivity contribution is 6.30. The molecule has 4 aromatic rings. The Labute approximate surface area is 211 Å². The van der Waals surface area contributed by atoms with Crippen LogP contribution in [-0.2, 0) is 13.1 Å². The molecule has 1 aliphatic heterocycles. The first-order valence-corrected chi connectivity index (χ1v) is 12.0. The second-order valence-electron chi connectivity index (χ2n) is 9.49. The van der Waals surface area contributed by atoms with Crippen molar-refractivity contribution < 1.29 is 9.18 Å². The molecule has 1 amide bonds. The maximum Gasteiger partial charge on any atom is 0.254 e. The third kappa shape index (κ3) is 4.19. The standard InChI is InChI=1S/C24H23ClFN9O/c1-15-16(2-5-21(30-15)33-12-24(13-33)6-7-24)10-34-11-17(8-29-34)23(36)27-9-18-20(35-14-28-31-32-35)4-3-19(25)22(18)26/h2-5,8,11,14H,6-7,9-10,12-13H2,1H3,(H,27,36). The summed E-state index contributed by atoms with van der Waals surface area (Å²) in [6.45, 7) is 4.58. The molecule has 0 radical (unpaired) electrons. The molecule has 1 aliphatic carbocycles. The van der Waals surface area contributed by atoms with Gasteiger partial charge in [0.15, 0.2) is 0 Å². The van der Waals surface area contributed by atoms with E-state index in [4.69, 9.17) is 16.6 Å². The van der Waals surface area contributed by atoms with Crippen LogP contribution in [0.3, 0.4) is 0 Å². The molecule has 36 heavy (non-hydrogen) atoms. The molecule has 1 saturated heterocycles. The van der Waals surface area contributed by atoms with E-state index in [1.165, 1.54) is 36.1 Å². The summed E-state index contributed by atoms with van der Waals surface area (Å²) in [5.41, 5.74) is 3.47. The lowest BCUT2D eigenvalue weighted by Crippen LogP contribution is -2.48. The molecule has 1 N–H and O–H groups in total. The average molecular weight is 508 g/mol. The van der Waals surface area contributed by atoms with E-state index < -0.39 is 5.82 Å². The van der Waals surface area contributed by atoms with Gasteiger partial charge >= 0.3 is 0 Å². The topological polar surface area (TPSA) is 107 Å². The van der Waals surface area contributed by atoms with Gasteiger partial charge in [0.25, 0.3) is 5.91 Å². The van der Waals surface area contributed by atoms with Crippen LogP contribution in [0.5, 0.6) is 0 Å². The highest BCUT2D eigenvalue weighted by atomic mass is 35.5. The Kier molecular flexibility index (Phi) is 5.44.